The molecule has 1 aliphatic heterocycles. The molecule has 1 N–H and O–H groups in total. The maximum absolute atomic E-state index is 13.9. The molecule has 0 spiro atoms. The Morgan fingerprint density at radius 1 is 1.44 bits per heavy atom. The maximum Gasteiger partial charge on any atom is 0.256 e. The number of rotatable bonds is 4. The zero-order chi connectivity index (χ0) is 17.8. The van der Waals surface area contributed by atoms with Gasteiger partial charge in [-0.2, -0.15) is 0 Å². The van der Waals surface area contributed by atoms with Gasteiger partial charge in [-0.25, -0.2) is 9.37 Å². The van der Waals surface area contributed by atoms with Crippen LogP contribution in [-0.2, 0) is 11.3 Å². The van der Waals surface area contributed by atoms with Gasteiger partial charge in [0.25, 0.3) is 11.5 Å². The zero-order valence-electron chi connectivity index (χ0n) is 14.0. The van der Waals surface area contributed by atoms with Gasteiger partial charge in [-0.15, -0.1) is 0 Å². The number of amides is 1. The summed E-state index contributed by atoms with van der Waals surface area (Å²) in [4.78, 5) is 33.2. The van der Waals surface area contributed by atoms with Crippen LogP contribution in [0.25, 0.3) is 0 Å². The van der Waals surface area contributed by atoms with E-state index in [1.165, 1.54) is 25.3 Å². The number of piperidine rings is 1. The molecule has 0 radical (unpaired) electrons. The van der Waals surface area contributed by atoms with E-state index in [1.54, 1.807) is 17.0 Å². The Morgan fingerprint density at radius 3 is 3.00 bits per heavy atom. The van der Waals surface area contributed by atoms with Gasteiger partial charge in [-0.3, -0.25) is 9.59 Å². The number of ether oxygens (including phenoxy) is 1. The minimum atomic E-state index is -0.525. The number of halogens is 1. The van der Waals surface area contributed by atoms with Crippen molar-refractivity contribution >= 4 is 5.91 Å². The van der Waals surface area contributed by atoms with Gasteiger partial charge >= 0.3 is 0 Å². The Bertz CT molecular complexity index is 821. The van der Waals surface area contributed by atoms with Crippen LogP contribution in [-0.4, -0.2) is 41.0 Å². The average Bonchev–Trinajstić information content (AvgIpc) is 2.61. The molecular weight excluding hydrogens is 325 g/mol. The number of benzene rings is 1. The van der Waals surface area contributed by atoms with Gasteiger partial charge in [0.2, 0.25) is 0 Å². The van der Waals surface area contributed by atoms with Crippen LogP contribution >= 0.6 is 0 Å². The van der Waals surface area contributed by atoms with Crippen molar-refractivity contribution in [2.24, 2.45) is 0 Å². The number of H-pyrrole nitrogens is 1. The van der Waals surface area contributed by atoms with Crippen LogP contribution in [0.5, 0.6) is 0 Å². The molecule has 1 aromatic heterocycles. The molecule has 1 saturated heterocycles. The smallest absolute Gasteiger partial charge is 0.256 e. The van der Waals surface area contributed by atoms with E-state index in [4.69, 9.17) is 4.74 Å². The number of hydrogen-bond acceptors (Lipinski definition) is 4. The first-order valence-corrected chi connectivity index (χ1v) is 8.21. The molecule has 0 unspecified atom stereocenters. The van der Waals surface area contributed by atoms with Crippen molar-refractivity contribution in [2.45, 2.75) is 25.4 Å². The summed E-state index contributed by atoms with van der Waals surface area (Å²) in [6, 6.07) is 7.37. The second-order valence-electron chi connectivity index (χ2n) is 6.13. The van der Waals surface area contributed by atoms with Crippen molar-refractivity contribution in [3.8, 4) is 0 Å². The van der Waals surface area contributed by atoms with Gasteiger partial charge in [0, 0.05) is 32.2 Å². The predicted molar refractivity (Wildman–Crippen MR) is 89.8 cm³/mol. The van der Waals surface area contributed by atoms with E-state index < -0.39 is 5.82 Å². The number of carbonyl (C=O) groups excluding carboxylic acids is 1. The first-order valence-electron chi connectivity index (χ1n) is 8.21. The molecule has 1 amide bonds. The molecule has 0 bridgehead atoms. The lowest BCUT2D eigenvalue weighted by molar-refractivity contribution is 0.0699. The molecule has 2 aromatic rings. The molecule has 0 saturated carbocycles. The lowest BCUT2D eigenvalue weighted by Crippen LogP contribution is -2.40. The van der Waals surface area contributed by atoms with Gasteiger partial charge in [0.15, 0.2) is 0 Å². The molecule has 1 aromatic carbocycles. The summed E-state index contributed by atoms with van der Waals surface area (Å²) in [6.45, 7) is 1.21. The fourth-order valence-electron chi connectivity index (χ4n) is 3.13. The monoisotopic (exact) mass is 345 g/mol. The highest BCUT2D eigenvalue weighted by Gasteiger charge is 2.28. The fraction of sp³-hybridized carbons (Fsp3) is 0.389. The Hall–Kier alpha value is -2.54. The van der Waals surface area contributed by atoms with Crippen LogP contribution in [0.1, 0.15) is 40.6 Å². The summed E-state index contributed by atoms with van der Waals surface area (Å²) < 4.78 is 18.9. The van der Waals surface area contributed by atoms with Crippen molar-refractivity contribution in [1.82, 2.24) is 14.9 Å². The van der Waals surface area contributed by atoms with E-state index in [1.807, 2.05) is 0 Å². The van der Waals surface area contributed by atoms with Gasteiger partial charge in [0.1, 0.15) is 11.6 Å². The second kappa shape index (κ2) is 7.57. The summed E-state index contributed by atoms with van der Waals surface area (Å²) in [5.41, 5.74) is 0.381. The van der Waals surface area contributed by atoms with Gasteiger partial charge in [-0.1, -0.05) is 12.1 Å². The van der Waals surface area contributed by atoms with E-state index in [0.717, 1.165) is 12.8 Å². The first kappa shape index (κ1) is 17.3. The summed E-state index contributed by atoms with van der Waals surface area (Å²) >= 11 is 0. The lowest BCUT2D eigenvalue weighted by Gasteiger charge is -2.32. The maximum atomic E-state index is 13.9. The molecule has 2 heterocycles. The van der Waals surface area contributed by atoms with E-state index in [9.17, 15) is 14.0 Å². The molecule has 132 valence electrons. The van der Waals surface area contributed by atoms with E-state index in [2.05, 4.69) is 9.97 Å². The van der Waals surface area contributed by atoms with Gasteiger partial charge in [0.05, 0.1) is 17.9 Å². The minimum Gasteiger partial charge on any atom is -0.378 e. The third kappa shape index (κ3) is 3.93. The van der Waals surface area contributed by atoms with E-state index in [-0.39, 0.29) is 29.6 Å². The highest BCUT2D eigenvalue weighted by atomic mass is 19.1. The summed E-state index contributed by atoms with van der Waals surface area (Å²) in [5.74, 6) is -0.402. The molecule has 6 nitrogen and oxygen atoms in total. The van der Waals surface area contributed by atoms with Crippen molar-refractivity contribution in [2.75, 3.05) is 20.2 Å². The van der Waals surface area contributed by atoms with E-state index >= 15 is 0 Å². The standard InChI is InChI=1S/C18H20FN3O3/c1-25-11-13-9-16(23)21-17(20-13)12-5-4-8-22(10-12)18(24)14-6-2-3-7-15(14)19/h2-3,6-7,9,12H,4-5,8,10-11H2,1H3,(H,20,21,23)/t12-/m0/s1. The summed E-state index contributed by atoms with van der Waals surface area (Å²) in [6.07, 6.45) is 1.57. The Kier molecular flexibility index (Phi) is 5.23. The third-order valence-electron chi connectivity index (χ3n) is 4.30. The third-order valence-corrected chi connectivity index (χ3v) is 4.30. The highest BCUT2D eigenvalue weighted by molar-refractivity contribution is 5.94. The summed E-state index contributed by atoms with van der Waals surface area (Å²) in [7, 11) is 1.54. The topological polar surface area (TPSA) is 75.3 Å². The average molecular weight is 345 g/mol. The number of likely N-dealkylation sites (tertiary alicyclic amines) is 1. The van der Waals surface area contributed by atoms with Crippen molar-refractivity contribution in [1.29, 1.82) is 0 Å². The Labute approximate surface area is 144 Å². The fourth-order valence-corrected chi connectivity index (χ4v) is 3.13. The van der Waals surface area contributed by atoms with Crippen LogP contribution in [0, 0.1) is 5.82 Å². The number of aromatic nitrogens is 2. The molecule has 7 heteroatoms. The molecule has 1 aliphatic rings. The molecule has 1 atom stereocenters. The molecule has 25 heavy (non-hydrogen) atoms. The van der Waals surface area contributed by atoms with Gasteiger partial charge in [-0.05, 0) is 25.0 Å². The number of methoxy groups -OCH3 is 1. The minimum absolute atomic E-state index is 0.0673. The molecular formula is C18H20FN3O3. The second-order valence-corrected chi connectivity index (χ2v) is 6.13. The number of nitrogens with zero attached hydrogens (tertiary/aromatic N) is 2. The first-order chi connectivity index (χ1) is 12.1. The largest absolute Gasteiger partial charge is 0.378 e. The molecule has 1 fully saturated rings. The summed E-state index contributed by atoms with van der Waals surface area (Å²) in [5, 5.41) is 0. The number of carbonyl (C=O) groups is 1. The van der Waals surface area contributed by atoms with E-state index in [0.29, 0.717) is 24.6 Å². The van der Waals surface area contributed by atoms with Crippen LogP contribution in [0.2, 0.25) is 0 Å². The van der Waals surface area contributed by atoms with Crippen LogP contribution < -0.4 is 5.56 Å². The lowest BCUT2D eigenvalue weighted by atomic mass is 9.96. The van der Waals surface area contributed by atoms with Crippen LogP contribution in [0.15, 0.2) is 35.1 Å². The molecule has 0 aliphatic carbocycles. The molecule has 3 rings (SSSR count). The highest BCUT2D eigenvalue weighted by Crippen LogP contribution is 2.25. The van der Waals surface area contributed by atoms with Crippen LogP contribution in [0.3, 0.4) is 0 Å². The van der Waals surface area contributed by atoms with Gasteiger partial charge < -0.3 is 14.6 Å². The van der Waals surface area contributed by atoms with Crippen molar-refractivity contribution < 1.29 is 13.9 Å². The Morgan fingerprint density at radius 2 is 2.24 bits per heavy atom. The quantitative estimate of drug-likeness (QED) is 0.920. The zero-order valence-corrected chi connectivity index (χ0v) is 14.0. The predicted octanol–water partition coefficient (Wildman–Crippen LogP) is 2.08. The van der Waals surface area contributed by atoms with Crippen LogP contribution in [0.4, 0.5) is 4.39 Å². The number of nitrogens with one attached hydrogen (secondary N) is 1. The van der Waals surface area contributed by atoms with Crippen molar-refractivity contribution in [3.63, 3.8) is 0 Å². The number of aromatic amines is 1. The normalized spacial score (nSPS) is 17.5. The SMILES string of the molecule is COCc1cc(=O)[nH]c([C@H]2CCCN(C(=O)c3ccccc3F)C2)n1. The number of hydrogen-bond donors (Lipinski definition) is 1. The van der Waals surface area contributed by atoms with Crippen molar-refractivity contribution in [3.05, 3.63) is 63.6 Å². The Balaban J connectivity index is 1.81.